The number of hydrogen-bond donors (Lipinski definition) is 0. The molecule has 1 heterocycles. The molecule has 0 N–H and O–H groups in total. The van der Waals surface area contributed by atoms with Crippen LogP contribution >= 0.6 is 0 Å². The van der Waals surface area contributed by atoms with Gasteiger partial charge in [0, 0.05) is 13.0 Å². The van der Waals surface area contributed by atoms with Gasteiger partial charge < -0.3 is 9.47 Å². The Morgan fingerprint density at radius 3 is 2.83 bits per heavy atom. The van der Waals surface area contributed by atoms with E-state index in [0.717, 1.165) is 18.9 Å². The lowest BCUT2D eigenvalue weighted by Gasteiger charge is -2.25. The Labute approximate surface area is 112 Å². The van der Waals surface area contributed by atoms with E-state index in [9.17, 15) is 0 Å². The zero-order valence-corrected chi connectivity index (χ0v) is 12.0. The molecule has 0 bridgehead atoms. The summed E-state index contributed by atoms with van der Waals surface area (Å²) in [6.07, 6.45) is 14.3. The Kier molecular flexibility index (Phi) is 5.25. The molecule has 0 aromatic rings. The zero-order chi connectivity index (χ0) is 12.8. The molecule has 2 heteroatoms. The lowest BCUT2D eigenvalue weighted by Crippen LogP contribution is -2.25. The summed E-state index contributed by atoms with van der Waals surface area (Å²) in [6, 6.07) is 0. The summed E-state index contributed by atoms with van der Waals surface area (Å²) in [4.78, 5) is 0. The summed E-state index contributed by atoms with van der Waals surface area (Å²) >= 11 is 0. The van der Waals surface area contributed by atoms with Gasteiger partial charge >= 0.3 is 0 Å². The van der Waals surface area contributed by atoms with Crippen LogP contribution in [0.1, 0.15) is 65.2 Å². The van der Waals surface area contributed by atoms with Crippen molar-refractivity contribution in [2.24, 2.45) is 5.92 Å². The molecule has 104 valence electrons. The lowest BCUT2D eigenvalue weighted by atomic mass is 9.92. The third-order valence-electron chi connectivity index (χ3n) is 4.29. The fourth-order valence-corrected chi connectivity index (χ4v) is 2.90. The molecular formula is C16H28O2. The summed E-state index contributed by atoms with van der Waals surface area (Å²) in [7, 11) is 0. The van der Waals surface area contributed by atoms with Crippen molar-refractivity contribution in [3.8, 4) is 0 Å². The van der Waals surface area contributed by atoms with E-state index in [2.05, 4.69) is 26.0 Å². The van der Waals surface area contributed by atoms with E-state index in [4.69, 9.17) is 9.47 Å². The highest BCUT2D eigenvalue weighted by Gasteiger charge is 2.47. The Balaban J connectivity index is 1.74. The first kappa shape index (κ1) is 14.1. The van der Waals surface area contributed by atoms with Crippen molar-refractivity contribution in [3.63, 3.8) is 0 Å². The van der Waals surface area contributed by atoms with E-state index < -0.39 is 0 Å². The first-order chi connectivity index (χ1) is 8.78. The maximum atomic E-state index is 6.21. The summed E-state index contributed by atoms with van der Waals surface area (Å²) in [5.74, 6) is 0.810. The van der Waals surface area contributed by atoms with Crippen LogP contribution in [0.5, 0.6) is 0 Å². The Morgan fingerprint density at radius 2 is 2.28 bits per heavy atom. The van der Waals surface area contributed by atoms with Crippen LogP contribution in [0.2, 0.25) is 0 Å². The quantitative estimate of drug-likeness (QED) is 0.594. The van der Waals surface area contributed by atoms with E-state index in [0.29, 0.717) is 0 Å². The Hall–Kier alpha value is -0.340. The minimum atomic E-state index is 0.0977. The van der Waals surface area contributed by atoms with Gasteiger partial charge in [-0.1, -0.05) is 25.5 Å². The molecule has 1 saturated carbocycles. The molecule has 1 saturated heterocycles. The third-order valence-corrected chi connectivity index (χ3v) is 4.29. The minimum absolute atomic E-state index is 0.0977. The number of ether oxygens (including phenoxy) is 2. The fourth-order valence-electron chi connectivity index (χ4n) is 2.90. The number of rotatable bonds is 8. The van der Waals surface area contributed by atoms with Gasteiger partial charge in [0.05, 0.1) is 5.60 Å². The zero-order valence-electron chi connectivity index (χ0n) is 12.0. The fraction of sp³-hybridized carbons (Fsp3) is 0.875. The van der Waals surface area contributed by atoms with Gasteiger partial charge in [-0.3, -0.25) is 0 Å². The molecule has 2 unspecified atom stereocenters. The van der Waals surface area contributed by atoms with Crippen molar-refractivity contribution >= 4 is 0 Å². The van der Waals surface area contributed by atoms with Gasteiger partial charge in [-0.2, -0.15) is 0 Å². The molecule has 1 aliphatic heterocycles. The second-order valence-electron chi connectivity index (χ2n) is 5.87. The molecular weight excluding hydrogens is 224 g/mol. The number of hydrogen-bond acceptors (Lipinski definition) is 2. The molecule has 1 aliphatic carbocycles. The van der Waals surface area contributed by atoms with E-state index in [1.54, 1.807) is 0 Å². The largest absolute Gasteiger partial charge is 0.353 e. The normalized spacial score (nSPS) is 27.8. The first-order valence-corrected chi connectivity index (χ1v) is 7.68. The van der Waals surface area contributed by atoms with Crippen molar-refractivity contribution in [1.82, 2.24) is 0 Å². The van der Waals surface area contributed by atoms with Crippen LogP contribution in [0.3, 0.4) is 0 Å². The van der Waals surface area contributed by atoms with Crippen LogP contribution in [0.25, 0.3) is 0 Å². The topological polar surface area (TPSA) is 18.5 Å². The Morgan fingerprint density at radius 1 is 1.44 bits per heavy atom. The summed E-state index contributed by atoms with van der Waals surface area (Å²) < 4.78 is 11.8. The monoisotopic (exact) mass is 252 g/mol. The highest BCUT2D eigenvalue weighted by atomic mass is 16.7. The van der Waals surface area contributed by atoms with Crippen LogP contribution in [0, 0.1) is 5.92 Å². The molecule has 0 aromatic carbocycles. The molecule has 2 nitrogen and oxygen atoms in total. The highest BCUT2D eigenvalue weighted by Crippen LogP contribution is 2.47. The molecule has 2 aliphatic rings. The lowest BCUT2D eigenvalue weighted by molar-refractivity contribution is -0.160. The summed E-state index contributed by atoms with van der Waals surface area (Å²) in [6.45, 7) is 5.30. The van der Waals surface area contributed by atoms with Crippen molar-refractivity contribution in [2.75, 3.05) is 6.61 Å². The molecule has 0 amide bonds. The second-order valence-corrected chi connectivity index (χ2v) is 5.87. The van der Waals surface area contributed by atoms with Crippen molar-refractivity contribution in [3.05, 3.63) is 12.2 Å². The van der Waals surface area contributed by atoms with Crippen LogP contribution in [0.4, 0.5) is 0 Å². The van der Waals surface area contributed by atoms with Gasteiger partial charge in [0.2, 0.25) is 0 Å². The van der Waals surface area contributed by atoms with Crippen molar-refractivity contribution < 1.29 is 9.47 Å². The van der Waals surface area contributed by atoms with E-state index in [1.807, 2.05) is 0 Å². The number of allylic oxidation sites excluding steroid dienone is 2. The first-order valence-electron chi connectivity index (χ1n) is 7.68. The predicted molar refractivity (Wildman–Crippen MR) is 74.5 cm³/mol. The van der Waals surface area contributed by atoms with Crippen LogP contribution in [0.15, 0.2) is 12.2 Å². The van der Waals surface area contributed by atoms with Crippen molar-refractivity contribution in [1.29, 1.82) is 0 Å². The molecule has 2 atom stereocenters. The SMILES string of the molecule is CC=CCCC(CC)CC1(OC2CCCO2)CC1. The van der Waals surface area contributed by atoms with Gasteiger partial charge in [0.25, 0.3) is 0 Å². The smallest absolute Gasteiger partial charge is 0.158 e. The second kappa shape index (κ2) is 6.72. The average Bonchev–Trinajstić information content (AvgIpc) is 2.92. The third kappa shape index (κ3) is 4.10. The summed E-state index contributed by atoms with van der Waals surface area (Å²) in [5, 5.41) is 0. The highest BCUT2D eigenvalue weighted by molar-refractivity contribution is 4.98. The van der Waals surface area contributed by atoms with E-state index >= 15 is 0 Å². The molecule has 2 rings (SSSR count). The van der Waals surface area contributed by atoms with Gasteiger partial charge in [0.1, 0.15) is 0 Å². The standard InChI is InChI=1S/C16H28O2/c1-3-5-6-8-14(4-2)13-16(10-11-16)18-15-9-7-12-17-15/h3,5,14-15H,4,6-13H2,1-2H3. The molecule has 18 heavy (non-hydrogen) atoms. The molecule has 2 fully saturated rings. The predicted octanol–water partition coefficient (Wildman–Crippen LogP) is 4.44. The van der Waals surface area contributed by atoms with Gasteiger partial charge in [0.15, 0.2) is 6.29 Å². The maximum absolute atomic E-state index is 6.21. The Bertz CT molecular complexity index is 262. The average molecular weight is 252 g/mol. The van der Waals surface area contributed by atoms with E-state index in [1.165, 1.54) is 44.9 Å². The van der Waals surface area contributed by atoms with Crippen molar-refractivity contribution in [2.45, 2.75) is 77.1 Å². The summed E-state index contributed by atoms with van der Waals surface area (Å²) in [5.41, 5.74) is 0.186. The van der Waals surface area contributed by atoms with E-state index in [-0.39, 0.29) is 11.9 Å². The molecule has 0 radical (unpaired) electrons. The van der Waals surface area contributed by atoms with Crippen LogP contribution in [-0.2, 0) is 9.47 Å². The maximum Gasteiger partial charge on any atom is 0.158 e. The minimum Gasteiger partial charge on any atom is -0.353 e. The van der Waals surface area contributed by atoms with Crippen LogP contribution in [-0.4, -0.2) is 18.5 Å². The van der Waals surface area contributed by atoms with Gasteiger partial charge in [-0.05, 0) is 51.4 Å². The molecule has 0 aromatic heterocycles. The van der Waals surface area contributed by atoms with Crippen LogP contribution < -0.4 is 0 Å². The molecule has 0 spiro atoms. The van der Waals surface area contributed by atoms with Gasteiger partial charge in [-0.15, -0.1) is 0 Å². The van der Waals surface area contributed by atoms with Gasteiger partial charge in [-0.25, -0.2) is 0 Å².